The van der Waals surface area contributed by atoms with E-state index < -0.39 is 6.43 Å². The van der Waals surface area contributed by atoms with Crippen molar-refractivity contribution in [1.29, 1.82) is 0 Å². The predicted molar refractivity (Wildman–Crippen MR) is 99.0 cm³/mol. The molecule has 146 valence electrons. The summed E-state index contributed by atoms with van der Waals surface area (Å²) in [4.78, 5) is 12.3. The zero-order valence-corrected chi connectivity index (χ0v) is 15.6. The number of benzene rings is 2. The van der Waals surface area contributed by atoms with Crippen LogP contribution in [-0.4, -0.2) is 19.8 Å². The van der Waals surface area contributed by atoms with Gasteiger partial charge in [-0.15, -0.1) is 0 Å². The van der Waals surface area contributed by atoms with Gasteiger partial charge in [-0.2, -0.15) is 9.36 Å². The number of tetrazole rings is 1. The van der Waals surface area contributed by atoms with Gasteiger partial charge in [-0.25, -0.2) is 13.6 Å². The Morgan fingerprint density at radius 1 is 1.21 bits per heavy atom. The number of rotatable bonds is 6. The molecule has 1 heterocycles. The van der Waals surface area contributed by atoms with Crippen LogP contribution in [0.15, 0.2) is 41.2 Å². The molecule has 0 saturated heterocycles. The maximum absolute atomic E-state index is 13.4. The molecular formula is C20H20F2N4O2. The molecule has 6 nitrogen and oxygen atoms in total. The molecule has 28 heavy (non-hydrogen) atoms. The minimum absolute atomic E-state index is 0.0633. The van der Waals surface area contributed by atoms with Crippen molar-refractivity contribution in [3.8, 4) is 11.4 Å². The summed E-state index contributed by atoms with van der Waals surface area (Å²) in [6, 6.07) is 10.4. The van der Waals surface area contributed by atoms with Crippen LogP contribution in [-0.2, 0) is 13.7 Å². The lowest BCUT2D eigenvalue weighted by molar-refractivity contribution is 0.144. The highest BCUT2D eigenvalue weighted by Crippen LogP contribution is 2.43. The Morgan fingerprint density at radius 3 is 2.64 bits per heavy atom. The minimum Gasteiger partial charge on any atom is -0.488 e. The van der Waals surface area contributed by atoms with Crippen molar-refractivity contribution in [1.82, 2.24) is 19.8 Å². The fourth-order valence-electron chi connectivity index (χ4n) is 3.31. The number of halogens is 2. The highest BCUT2D eigenvalue weighted by Gasteiger charge is 2.28. The zero-order valence-electron chi connectivity index (χ0n) is 15.6. The van der Waals surface area contributed by atoms with Crippen LogP contribution in [0.4, 0.5) is 8.78 Å². The van der Waals surface area contributed by atoms with Crippen molar-refractivity contribution in [3.63, 3.8) is 0 Å². The average Bonchev–Trinajstić information content (AvgIpc) is 3.47. The van der Waals surface area contributed by atoms with Crippen molar-refractivity contribution >= 4 is 0 Å². The highest BCUT2D eigenvalue weighted by molar-refractivity contribution is 5.48. The van der Waals surface area contributed by atoms with Gasteiger partial charge in [-0.1, -0.05) is 23.8 Å². The van der Waals surface area contributed by atoms with E-state index >= 15 is 0 Å². The lowest BCUT2D eigenvalue weighted by Crippen LogP contribution is -2.23. The fraction of sp³-hybridized carbons (Fsp3) is 0.350. The molecule has 0 radical (unpaired) electrons. The molecule has 0 spiro atoms. The Morgan fingerprint density at radius 2 is 2.00 bits per heavy atom. The molecule has 2 aromatic carbocycles. The first kappa shape index (κ1) is 18.3. The van der Waals surface area contributed by atoms with Crippen LogP contribution in [0.25, 0.3) is 5.69 Å². The van der Waals surface area contributed by atoms with Crippen molar-refractivity contribution in [3.05, 3.63) is 69.1 Å². The molecule has 1 saturated carbocycles. The van der Waals surface area contributed by atoms with E-state index in [1.807, 2.05) is 12.1 Å². The zero-order chi connectivity index (χ0) is 19.8. The average molecular weight is 386 g/mol. The highest BCUT2D eigenvalue weighted by atomic mass is 19.3. The third-order valence-electron chi connectivity index (χ3n) is 4.93. The molecule has 1 aromatic heterocycles. The summed E-state index contributed by atoms with van der Waals surface area (Å²) in [5.41, 5.74) is 2.62. The standard InChI is InChI=1S/C20H20F2N4O2/c1-12-6-9-18(15(10-12)19(21)22)28-11-16-14(13-7-8-13)4-3-5-17(16)26-20(27)25(2)23-24-26/h3-6,9-10,13,19H,7-8,11H2,1-2H3. The molecule has 0 bridgehead atoms. The third kappa shape index (κ3) is 3.42. The van der Waals surface area contributed by atoms with Gasteiger partial charge in [0.05, 0.1) is 11.3 Å². The number of hydrogen-bond donors (Lipinski definition) is 0. The summed E-state index contributed by atoms with van der Waals surface area (Å²) in [5.74, 6) is 0.530. The molecule has 1 aliphatic carbocycles. The van der Waals surface area contributed by atoms with E-state index in [0.29, 0.717) is 11.6 Å². The van der Waals surface area contributed by atoms with Crippen molar-refractivity contribution in [2.45, 2.75) is 38.7 Å². The molecule has 1 fully saturated rings. The number of aryl methyl sites for hydroxylation is 2. The summed E-state index contributed by atoms with van der Waals surface area (Å²) in [6.45, 7) is 1.82. The van der Waals surface area contributed by atoms with Gasteiger partial charge < -0.3 is 4.74 Å². The van der Waals surface area contributed by atoms with Gasteiger partial charge in [-0.3, -0.25) is 0 Å². The van der Waals surface area contributed by atoms with Crippen LogP contribution >= 0.6 is 0 Å². The van der Waals surface area contributed by atoms with Gasteiger partial charge in [0.15, 0.2) is 0 Å². The van der Waals surface area contributed by atoms with Crippen molar-refractivity contribution in [2.75, 3.05) is 0 Å². The van der Waals surface area contributed by atoms with Gasteiger partial charge in [0.25, 0.3) is 6.43 Å². The van der Waals surface area contributed by atoms with E-state index in [4.69, 9.17) is 4.74 Å². The third-order valence-corrected chi connectivity index (χ3v) is 4.93. The SMILES string of the molecule is Cc1ccc(OCc2c(C3CC3)cccc2-n2nnn(C)c2=O)c(C(F)F)c1. The summed E-state index contributed by atoms with van der Waals surface area (Å²) < 4.78 is 35.0. The first-order chi connectivity index (χ1) is 13.5. The van der Waals surface area contributed by atoms with E-state index in [0.717, 1.165) is 34.2 Å². The van der Waals surface area contributed by atoms with Crippen LogP contribution < -0.4 is 10.4 Å². The lowest BCUT2D eigenvalue weighted by atomic mass is 10.0. The second-order valence-electron chi connectivity index (χ2n) is 7.05. The summed E-state index contributed by atoms with van der Waals surface area (Å²) >= 11 is 0. The fourth-order valence-corrected chi connectivity index (χ4v) is 3.31. The lowest BCUT2D eigenvalue weighted by Gasteiger charge is -2.16. The van der Waals surface area contributed by atoms with Gasteiger partial charge in [0.2, 0.25) is 0 Å². The van der Waals surface area contributed by atoms with Gasteiger partial charge in [0.1, 0.15) is 12.4 Å². The van der Waals surface area contributed by atoms with E-state index in [2.05, 4.69) is 10.4 Å². The Bertz CT molecular complexity index is 1070. The second kappa shape index (κ2) is 7.18. The summed E-state index contributed by atoms with van der Waals surface area (Å²) in [6.07, 6.45) is -0.521. The second-order valence-corrected chi connectivity index (χ2v) is 7.05. The number of alkyl halides is 2. The van der Waals surface area contributed by atoms with Crippen molar-refractivity contribution < 1.29 is 13.5 Å². The summed E-state index contributed by atoms with van der Waals surface area (Å²) in [5, 5.41) is 7.69. The molecule has 0 unspecified atom stereocenters. The maximum Gasteiger partial charge on any atom is 0.368 e. The molecule has 0 atom stereocenters. The maximum atomic E-state index is 13.4. The monoisotopic (exact) mass is 386 g/mol. The Kier molecular flexibility index (Phi) is 4.70. The molecule has 3 aromatic rings. The van der Waals surface area contributed by atoms with Crippen LogP contribution in [0.1, 0.15) is 47.4 Å². The normalized spacial score (nSPS) is 13.9. The van der Waals surface area contributed by atoms with Gasteiger partial charge in [-0.05, 0) is 59.9 Å². The number of nitrogens with zero attached hydrogens (tertiary/aromatic N) is 4. The Labute approximate surface area is 160 Å². The minimum atomic E-state index is -2.63. The van der Waals surface area contributed by atoms with Crippen LogP contribution in [0.3, 0.4) is 0 Å². The molecule has 1 aliphatic rings. The smallest absolute Gasteiger partial charge is 0.368 e. The van der Waals surface area contributed by atoms with E-state index in [1.165, 1.54) is 17.8 Å². The van der Waals surface area contributed by atoms with E-state index in [-0.39, 0.29) is 23.6 Å². The number of aromatic nitrogens is 4. The van der Waals surface area contributed by atoms with Crippen LogP contribution in [0.2, 0.25) is 0 Å². The topological polar surface area (TPSA) is 61.9 Å². The number of hydrogen-bond acceptors (Lipinski definition) is 4. The van der Waals surface area contributed by atoms with E-state index in [1.54, 1.807) is 25.1 Å². The van der Waals surface area contributed by atoms with Crippen LogP contribution in [0, 0.1) is 6.92 Å². The predicted octanol–water partition coefficient (Wildman–Crippen LogP) is 3.67. The quantitative estimate of drug-likeness (QED) is 0.649. The molecular weight excluding hydrogens is 366 g/mol. The van der Waals surface area contributed by atoms with Gasteiger partial charge in [0, 0.05) is 12.6 Å². The molecule has 4 rings (SSSR count). The first-order valence-corrected chi connectivity index (χ1v) is 9.08. The number of ether oxygens (including phenoxy) is 1. The Balaban J connectivity index is 1.73. The Hall–Kier alpha value is -3.03. The molecule has 8 heteroatoms. The van der Waals surface area contributed by atoms with E-state index in [9.17, 15) is 13.6 Å². The summed E-state index contributed by atoms with van der Waals surface area (Å²) in [7, 11) is 1.52. The van der Waals surface area contributed by atoms with Crippen molar-refractivity contribution in [2.24, 2.45) is 7.05 Å². The molecule has 0 amide bonds. The van der Waals surface area contributed by atoms with Gasteiger partial charge >= 0.3 is 5.69 Å². The van der Waals surface area contributed by atoms with Crippen LogP contribution in [0.5, 0.6) is 5.75 Å². The molecule has 0 N–H and O–H groups in total. The largest absolute Gasteiger partial charge is 0.488 e. The molecule has 0 aliphatic heterocycles. The first-order valence-electron chi connectivity index (χ1n) is 9.08.